The van der Waals surface area contributed by atoms with Crippen LogP contribution in [0.15, 0.2) is 23.1 Å². The zero-order valence-electron chi connectivity index (χ0n) is 8.94. The highest BCUT2D eigenvalue weighted by molar-refractivity contribution is 7.99. The number of benzene rings is 1. The number of rotatable bonds is 5. The lowest BCUT2D eigenvalue weighted by molar-refractivity contribution is 0.600. The number of thioether (sulfide) groups is 1. The second-order valence-electron chi connectivity index (χ2n) is 3.52. The highest BCUT2D eigenvalue weighted by Crippen LogP contribution is 2.23. The van der Waals surface area contributed by atoms with Gasteiger partial charge in [-0.3, -0.25) is 0 Å². The van der Waals surface area contributed by atoms with E-state index in [4.69, 9.17) is 5.73 Å². The molecule has 0 bridgehead atoms. The van der Waals surface area contributed by atoms with E-state index in [0.29, 0.717) is 22.8 Å². The normalized spacial score (nSPS) is 11.6. The summed E-state index contributed by atoms with van der Waals surface area (Å²) >= 11 is 1.30. The molecule has 90 valence electrons. The third-order valence-electron chi connectivity index (χ3n) is 1.87. The fraction of sp³-hybridized carbons (Fsp3) is 0.400. The standard InChI is InChI=1S/C10H14FNO2S2/c1-16(13,14)6-2-5-15-10-4-3-8(12)7-9(10)11/h3-4,7H,2,5-6,12H2,1H3. The van der Waals surface area contributed by atoms with Gasteiger partial charge in [-0.2, -0.15) is 0 Å². The van der Waals surface area contributed by atoms with Crippen molar-refractivity contribution in [3.8, 4) is 0 Å². The summed E-state index contributed by atoms with van der Waals surface area (Å²) in [5, 5.41) is 0. The Morgan fingerprint density at radius 3 is 2.69 bits per heavy atom. The van der Waals surface area contributed by atoms with Gasteiger partial charge < -0.3 is 5.73 Å². The number of anilines is 1. The lowest BCUT2D eigenvalue weighted by Crippen LogP contribution is -2.03. The van der Waals surface area contributed by atoms with Crippen molar-refractivity contribution < 1.29 is 12.8 Å². The van der Waals surface area contributed by atoms with E-state index in [1.807, 2.05) is 0 Å². The van der Waals surface area contributed by atoms with Crippen molar-refractivity contribution in [1.82, 2.24) is 0 Å². The van der Waals surface area contributed by atoms with Crippen LogP contribution in [0.3, 0.4) is 0 Å². The fourth-order valence-corrected chi connectivity index (χ4v) is 2.86. The van der Waals surface area contributed by atoms with Crippen LogP contribution >= 0.6 is 11.8 Å². The first-order valence-corrected chi connectivity index (χ1v) is 7.78. The van der Waals surface area contributed by atoms with Crippen molar-refractivity contribution in [1.29, 1.82) is 0 Å². The van der Waals surface area contributed by atoms with E-state index >= 15 is 0 Å². The second kappa shape index (κ2) is 5.54. The summed E-state index contributed by atoms with van der Waals surface area (Å²) in [6.45, 7) is 0. The highest BCUT2D eigenvalue weighted by atomic mass is 32.2. The van der Waals surface area contributed by atoms with E-state index in [2.05, 4.69) is 0 Å². The Kier molecular flexibility index (Phi) is 4.61. The van der Waals surface area contributed by atoms with Crippen LogP contribution in [0.5, 0.6) is 0 Å². The number of hydrogen-bond donors (Lipinski definition) is 1. The summed E-state index contributed by atoms with van der Waals surface area (Å²) in [5.41, 5.74) is 5.80. The van der Waals surface area contributed by atoms with Gasteiger partial charge in [-0.05, 0) is 30.4 Å². The minimum Gasteiger partial charge on any atom is -0.399 e. The van der Waals surface area contributed by atoms with Crippen LogP contribution in [-0.2, 0) is 9.84 Å². The average molecular weight is 263 g/mol. The lowest BCUT2D eigenvalue weighted by atomic mass is 10.3. The number of nitrogen functional groups attached to an aromatic ring is 1. The lowest BCUT2D eigenvalue weighted by Gasteiger charge is -2.03. The largest absolute Gasteiger partial charge is 0.399 e. The molecular formula is C10H14FNO2S2. The van der Waals surface area contributed by atoms with E-state index < -0.39 is 9.84 Å². The molecule has 0 aromatic heterocycles. The van der Waals surface area contributed by atoms with Gasteiger partial charge in [0.15, 0.2) is 0 Å². The Balaban J connectivity index is 2.43. The maximum Gasteiger partial charge on any atom is 0.147 e. The number of hydrogen-bond acceptors (Lipinski definition) is 4. The molecule has 0 spiro atoms. The van der Waals surface area contributed by atoms with Crippen molar-refractivity contribution in [2.45, 2.75) is 11.3 Å². The van der Waals surface area contributed by atoms with Crippen molar-refractivity contribution in [3.63, 3.8) is 0 Å². The van der Waals surface area contributed by atoms with Gasteiger partial charge in [-0.15, -0.1) is 11.8 Å². The molecule has 0 saturated carbocycles. The first kappa shape index (κ1) is 13.3. The van der Waals surface area contributed by atoms with Gasteiger partial charge in [0, 0.05) is 16.8 Å². The summed E-state index contributed by atoms with van der Waals surface area (Å²) in [7, 11) is -2.92. The van der Waals surface area contributed by atoms with Gasteiger partial charge in [-0.25, -0.2) is 12.8 Å². The van der Waals surface area contributed by atoms with E-state index in [1.165, 1.54) is 24.1 Å². The van der Waals surface area contributed by atoms with Gasteiger partial charge in [0.2, 0.25) is 0 Å². The van der Waals surface area contributed by atoms with Crippen molar-refractivity contribution in [3.05, 3.63) is 24.0 Å². The van der Waals surface area contributed by atoms with E-state index in [0.717, 1.165) is 0 Å². The van der Waals surface area contributed by atoms with Crippen LogP contribution in [0.1, 0.15) is 6.42 Å². The topological polar surface area (TPSA) is 60.2 Å². The van der Waals surface area contributed by atoms with Gasteiger partial charge in [0.25, 0.3) is 0 Å². The molecule has 1 aromatic carbocycles. The monoisotopic (exact) mass is 263 g/mol. The molecule has 16 heavy (non-hydrogen) atoms. The zero-order valence-corrected chi connectivity index (χ0v) is 10.6. The van der Waals surface area contributed by atoms with Crippen LogP contribution in [-0.4, -0.2) is 26.2 Å². The molecule has 0 saturated heterocycles. The van der Waals surface area contributed by atoms with Crippen LogP contribution in [0.2, 0.25) is 0 Å². The third-order valence-corrected chi connectivity index (χ3v) is 4.04. The summed E-state index contributed by atoms with van der Waals surface area (Å²) in [5.74, 6) is 0.356. The molecule has 1 aromatic rings. The maximum absolute atomic E-state index is 13.3. The molecule has 6 heteroatoms. The molecule has 0 atom stereocenters. The van der Waals surface area contributed by atoms with Crippen LogP contribution < -0.4 is 5.73 Å². The molecule has 0 heterocycles. The fourth-order valence-electron chi connectivity index (χ4n) is 1.14. The summed E-state index contributed by atoms with van der Waals surface area (Å²) in [4.78, 5) is 0.503. The quantitative estimate of drug-likeness (QED) is 0.501. The highest BCUT2D eigenvalue weighted by Gasteiger charge is 2.05. The second-order valence-corrected chi connectivity index (χ2v) is 6.92. The van der Waals surface area contributed by atoms with Gasteiger partial charge in [0.05, 0.1) is 5.75 Å². The molecule has 0 unspecified atom stereocenters. The molecular weight excluding hydrogens is 249 g/mol. The molecule has 0 aliphatic rings. The van der Waals surface area contributed by atoms with E-state index in [9.17, 15) is 12.8 Å². The van der Waals surface area contributed by atoms with Crippen molar-refractivity contribution in [2.24, 2.45) is 0 Å². The minimum atomic E-state index is -2.92. The van der Waals surface area contributed by atoms with E-state index in [1.54, 1.807) is 12.1 Å². The molecule has 1 rings (SSSR count). The Hall–Kier alpha value is -0.750. The number of halogens is 1. The van der Waals surface area contributed by atoms with Gasteiger partial charge >= 0.3 is 0 Å². The molecule has 0 aliphatic carbocycles. The smallest absolute Gasteiger partial charge is 0.147 e. The molecule has 2 N–H and O–H groups in total. The SMILES string of the molecule is CS(=O)(=O)CCCSc1ccc(N)cc1F. The predicted molar refractivity (Wildman–Crippen MR) is 65.9 cm³/mol. The molecule has 0 amide bonds. The summed E-state index contributed by atoms with van der Waals surface area (Å²) < 4.78 is 35.0. The molecule has 0 aliphatic heterocycles. The third kappa shape index (κ3) is 4.85. The molecule has 3 nitrogen and oxygen atoms in total. The summed E-state index contributed by atoms with van der Waals surface area (Å²) in [6.07, 6.45) is 1.72. The van der Waals surface area contributed by atoms with Gasteiger partial charge in [-0.1, -0.05) is 0 Å². The Morgan fingerprint density at radius 2 is 2.12 bits per heavy atom. The Labute approximate surface area is 99.1 Å². The Morgan fingerprint density at radius 1 is 1.44 bits per heavy atom. The maximum atomic E-state index is 13.3. The Bertz CT molecular complexity index is 460. The summed E-state index contributed by atoms with van der Waals surface area (Å²) in [6, 6.07) is 4.50. The minimum absolute atomic E-state index is 0.136. The van der Waals surface area contributed by atoms with Crippen LogP contribution in [0, 0.1) is 5.82 Å². The van der Waals surface area contributed by atoms with Gasteiger partial charge in [0.1, 0.15) is 15.7 Å². The van der Waals surface area contributed by atoms with Crippen molar-refractivity contribution in [2.75, 3.05) is 23.5 Å². The van der Waals surface area contributed by atoms with E-state index in [-0.39, 0.29) is 11.6 Å². The first-order valence-electron chi connectivity index (χ1n) is 4.74. The predicted octanol–water partition coefficient (Wildman–Crippen LogP) is 1.93. The first-order chi connectivity index (χ1) is 7.38. The molecule has 0 radical (unpaired) electrons. The number of nitrogens with two attached hydrogens (primary N) is 1. The number of sulfone groups is 1. The van der Waals surface area contributed by atoms with Crippen LogP contribution in [0.4, 0.5) is 10.1 Å². The molecule has 0 fully saturated rings. The zero-order chi connectivity index (χ0) is 12.2. The van der Waals surface area contributed by atoms with Crippen LogP contribution in [0.25, 0.3) is 0 Å². The average Bonchev–Trinajstić information content (AvgIpc) is 2.13. The van der Waals surface area contributed by atoms with Crippen molar-refractivity contribution >= 4 is 27.3 Å².